The Bertz CT molecular complexity index is 320. The number of aliphatic carboxylic acids is 4. The van der Waals surface area contributed by atoms with Gasteiger partial charge in [0.25, 0.3) is 23.9 Å². The summed E-state index contributed by atoms with van der Waals surface area (Å²) in [5.74, 6) is -3.33. The molecule has 24 heavy (non-hydrogen) atoms. The van der Waals surface area contributed by atoms with Crippen molar-refractivity contribution < 1.29 is 39.6 Å². The highest BCUT2D eigenvalue weighted by Crippen LogP contribution is 1.79. The Kier molecular flexibility index (Phi) is 50.0. The highest BCUT2D eigenvalue weighted by molar-refractivity contribution is 5.63. The van der Waals surface area contributed by atoms with Crippen LogP contribution in [0.15, 0.2) is 36.4 Å². The molecule has 0 aliphatic carbocycles. The van der Waals surface area contributed by atoms with Crippen LogP contribution in [0.3, 0.4) is 0 Å². The lowest BCUT2D eigenvalue weighted by atomic mass is 10.4. The lowest BCUT2D eigenvalue weighted by Crippen LogP contribution is -1.78. The number of rotatable bonds is 0. The molecule has 0 saturated heterocycles. The molecule has 0 bridgehead atoms. The Morgan fingerprint density at radius 1 is 0.458 bits per heavy atom. The van der Waals surface area contributed by atoms with Crippen LogP contribution in [0, 0.1) is 0 Å². The summed E-state index contributed by atoms with van der Waals surface area (Å²) in [5.41, 5.74) is 0. The highest BCUT2D eigenvalue weighted by atomic mass is 16.4. The van der Waals surface area contributed by atoms with Crippen LogP contribution < -0.4 is 12.3 Å². The standard InChI is InChI=1S/C6H6.4C2H4O2.2H3N/c1-2-4-6-5-3-1;4*1-2(3)4;;/h1-6H;4*1H3,(H,3,4);2*1H3. The van der Waals surface area contributed by atoms with Crippen molar-refractivity contribution in [3.05, 3.63) is 36.4 Å². The predicted octanol–water partition coefficient (Wildman–Crippen LogP) is 2.37. The molecule has 0 fully saturated rings. The third kappa shape index (κ3) is 677. The topological polar surface area (TPSA) is 219 Å². The normalized spacial score (nSPS) is 6.17. The maximum Gasteiger partial charge on any atom is 0.300 e. The van der Waals surface area contributed by atoms with Gasteiger partial charge in [0.2, 0.25) is 0 Å². The summed E-state index contributed by atoms with van der Waals surface area (Å²) in [6.45, 7) is 4.33. The van der Waals surface area contributed by atoms with Crippen molar-refractivity contribution in [2.75, 3.05) is 0 Å². The molecule has 0 atom stereocenters. The van der Waals surface area contributed by atoms with Gasteiger partial charge in [-0.25, -0.2) is 0 Å². The van der Waals surface area contributed by atoms with Gasteiger partial charge in [-0.1, -0.05) is 36.4 Å². The van der Waals surface area contributed by atoms with Crippen LogP contribution in [0.1, 0.15) is 27.7 Å². The molecule has 0 spiro atoms. The van der Waals surface area contributed by atoms with E-state index in [1.165, 1.54) is 0 Å². The molecule has 10 heteroatoms. The molecule has 0 heterocycles. The van der Waals surface area contributed by atoms with Crippen molar-refractivity contribution in [2.24, 2.45) is 0 Å². The van der Waals surface area contributed by atoms with E-state index in [1.807, 2.05) is 36.4 Å². The van der Waals surface area contributed by atoms with Crippen molar-refractivity contribution in [1.29, 1.82) is 0 Å². The van der Waals surface area contributed by atoms with Crippen molar-refractivity contribution >= 4 is 23.9 Å². The zero-order valence-electron chi connectivity index (χ0n) is 14.3. The summed E-state index contributed by atoms with van der Waals surface area (Å²) >= 11 is 0. The predicted molar refractivity (Wildman–Crippen MR) is 89.7 cm³/mol. The monoisotopic (exact) mass is 352 g/mol. The molecule has 0 aromatic heterocycles. The van der Waals surface area contributed by atoms with Gasteiger partial charge in [-0.15, -0.1) is 0 Å². The van der Waals surface area contributed by atoms with Crippen LogP contribution in [-0.2, 0) is 19.2 Å². The summed E-state index contributed by atoms with van der Waals surface area (Å²) in [6, 6.07) is 12.0. The van der Waals surface area contributed by atoms with E-state index in [0.717, 1.165) is 27.7 Å². The van der Waals surface area contributed by atoms with E-state index in [-0.39, 0.29) is 12.3 Å². The highest BCUT2D eigenvalue weighted by Gasteiger charge is 1.66. The van der Waals surface area contributed by atoms with Gasteiger partial charge in [0.1, 0.15) is 0 Å². The molecule has 0 amide bonds. The van der Waals surface area contributed by atoms with Crippen LogP contribution in [0.5, 0.6) is 0 Å². The first-order chi connectivity index (χ1) is 9.93. The second-order valence-electron chi connectivity index (χ2n) is 3.23. The largest absolute Gasteiger partial charge is 0.481 e. The molecule has 1 aromatic carbocycles. The fourth-order valence-corrected chi connectivity index (χ4v) is 0.385. The van der Waals surface area contributed by atoms with Crippen LogP contribution in [0.4, 0.5) is 0 Å². The number of hydrogen-bond donors (Lipinski definition) is 6. The molecule has 142 valence electrons. The first-order valence-corrected chi connectivity index (χ1v) is 5.71. The van der Waals surface area contributed by atoms with E-state index in [4.69, 9.17) is 39.6 Å². The number of benzene rings is 1. The van der Waals surface area contributed by atoms with E-state index >= 15 is 0 Å². The first-order valence-electron chi connectivity index (χ1n) is 5.71. The molecular formula is C14H28N2O8. The second-order valence-corrected chi connectivity index (χ2v) is 3.23. The Labute approximate surface area is 140 Å². The number of hydrogen-bond acceptors (Lipinski definition) is 6. The van der Waals surface area contributed by atoms with Gasteiger partial charge in [-0.2, -0.15) is 0 Å². The minimum absolute atomic E-state index is 0. The number of carboxylic acid groups (broad SMARTS) is 4. The zero-order valence-corrected chi connectivity index (χ0v) is 14.3. The Hall–Kier alpha value is -2.98. The van der Waals surface area contributed by atoms with E-state index in [1.54, 1.807) is 0 Å². The summed E-state index contributed by atoms with van der Waals surface area (Å²) in [7, 11) is 0. The van der Waals surface area contributed by atoms with Crippen molar-refractivity contribution in [3.8, 4) is 0 Å². The summed E-state index contributed by atoms with van der Waals surface area (Å²) in [6.07, 6.45) is 0. The maximum atomic E-state index is 9.00. The van der Waals surface area contributed by atoms with Crippen LogP contribution in [0.25, 0.3) is 0 Å². The minimum Gasteiger partial charge on any atom is -0.481 e. The molecule has 10 nitrogen and oxygen atoms in total. The second kappa shape index (κ2) is 32.1. The van der Waals surface area contributed by atoms with Crippen molar-refractivity contribution in [2.45, 2.75) is 27.7 Å². The van der Waals surface area contributed by atoms with Gasteiger partial charge in [0, 0.05) is 27.7 Å². The number of carboxylic acids is 4. The molecular weight excluding hydrogens is 324 g/mol. The molecule has 0 saturated carbocycles. The van der Waals surface area contributed by atoms with Gasteiger partial charge < -0.3 is 32.7 Å². The average Bonchev–Trinajstić information content (AvgIpc) is 2.28. The van der Waals surface area contributed by atoms with Gasteiger partial charge in [0.05, 0.1) is 0 Å². The van der Waals surface area contributed by atoms with Crippen molar-refractivity contribution in [3.63, 3.8) is 0 Å². The SMILES string of the molecule is CC(=O)O.CC(=O)O.CC(=O)O.CC(=O)O.N.N.c1ccccc1. The zero-order chi connectivity index (χ0) is 18.6. The third-order valence-electron chi connectivity index (χ3n) is 0.667. The van der Waals surface area contributed by atoms with E-state index in [2.05, 4.69) is 0 Å². The van der Waals surface area contributed by atoms with Crippen LogP contribution in [-0.4, -0.2) is 44.3 Å². The third-order valence-corrected chi connectivity index (χ3v) is 0.667. The smallest absolute Gasteiger partial charge is 0.300 e. The Morgan fingerprint density at radius 2 is 0.500 bits per heavy atom. The fourth-order valence-electron chi connectivity index (χ4n) is 0.385. The maximum absolute atomic E-state index is 9.00. The Balaban J connectivity index is -0.0000000420. The molecule has 0 unspecified atom stereocenters. The quantitative estimate of drug-likeness (QED) is 0.400. The van der Waals surface area contributed by atoms with E-state index in [9.17, 15) is 0 Å². The first kappa shape index (κ1) is 37.3. The fraction of sp³-hybridized carbons (Fsp3) is 0.286. The van der Waals surface area contributed by atoms with Gasteiger partial charge >= 0.3 is 0 Å². The minimum atomic E-state index is -0.833. The molecule has 1 rings (SSSR count). The summed E-state index contributed by atoms with van der Waals surface area (Å²) < 4.78 is 0. The summed E-state index contributed by atoms with van der Waals surface area (Å²) in [5, 5.41) is 29.7. The van der Waals surface area contributed by atoms with Crippen LogP contribution >= 0.6 is 0 Å². The van der Waals surface area contributed by atoms with Gasteiger partial charge in [-0.3, -0.25) is 19.2 Å². The van der Waals surface area contributed by atoms with E-state index < -0.39 is 23.9 Å². The lowest BCUT2D eigenvalue weighted by Gasteiger charge is -1.69. The average molecular weight is 352 g/mol. The van der Waals surface area contributed by atoms with Gasteiger partial charge in [-0.05, 0) is 0 Å². The molecule has 0 aliphatic rings. The molecule has 10 N–H and O–H groups in total. The van der Waals surface area contributed by atoms with Crippen molar-refractivity contribution in [1.82, 2.24) is 12.3 Å². The molecule has 0 radical (unpaired) electrons. The Morgan fingerprint density at radius 3 is 0.542 bits per heavy atom. The number of carbonyl (C=O) groups is 4. The lowest BCUT2D eigenvalue weighted by molar-refractivity contribution is -0.135. The van der Waals surface area contributed by atoms with Gasteiger partial charge in [0.15, 0.2) is 0 Å². The van der Waals surface area contributed by atoms with E-state index in [0.29, 0.717) is 0 Å². The summed E-state index contributed by atoms with van der Waals surface area (Å²) in [4.78, 5) is 36.0. The van der Waals surface area contributed by atoms with Crippen LogP contribution in [0.2, 0.25) is 0 Å². The molecule has 0 aliphatic heterocycles. The molecule has 1 aromatic rings.